The predicted molar refractivity (Wildman–Crippen MR) is 215 cm³/mol. The largest absolute Gasteiger partial charge is 0.462 e. The number of aliphatic hydroxyl groups excluding tert-OH is 1. The molecule has 58 heavy (non-hydrogen) atoms. The molecule has 7 rings (SSSR count). The van der Waals surface area contributed by atoms with Gasteiger partial charge in [0, 0.05) is 44.8 Å². The Morgan fingerprint density at radius 1 is 0.983 bits per heavy atom. The Kier molecular flexibility index (Phi) is 13.9. The van der Waals surface area contributed by atoms with Crippen molar-refractivity contribution < 1.29 is 57.6 Å². The molecule has 2 bridgehead atoms. The number of rotatable bonds is 7. The second-order valence-electron chi connectivity index (χ2n) is 18.0. The van der Waals surface area contributed by atoms with E-state index >= 15 is 0 Å². The molecule has 4 unspecified atom stereocenters. The first-order valence-corrected chi connectivity index (χ1v) is 21.9. The van der Waals surface area contributed by atoms with Gasteiger partial charge in [0.05, 0.1) is 37.1 Å². The van der Waals surface area contributed by atoms with E-state index in [4.69, 9.17) is 42.6 Å². The van der Waals surface area contributed by atoms with Gasteiger partial charge >= 0.3 is 5.97 Å². The smallest absolute Gasteiger partial charge is 0.316 e. The van der Waals surface area contributed by atoms with Crippen LogP contribution in [0.15, 0.2) is 59.3 Å². The maximum atomic E-state index is 14.3. The fourth-order valence-corrected chi connectivity index (χ4v) is 10.0. The maximum Gasteiger partial charge on any atom is 0.316 e. The van der Waals surface area contributed by atoms with Crippen molar-refractivity contribution in [2.45, 2.75) is 179 Å². The number of esters is 1. The van der Waals surface area contributed by atoms with Crippen LogP contribution in [0.25, 0.3) is 0 Å². The van der Waals surface area contributed by atoms with Crippen LogP contribution in [0.5, 0.6) is 0 Å². The highest BCUT2D eigenvalue weighted by Crippen LogP contribution is 2.47. The van der Waals surface area contributed by atoms with Gasteiger partial charge in [0.15, 0.2) is 18.4 Å². The summed E-state index contributed by atoms with van der Waals surface area (Å²) in [7, 11) is 1.70. The fraction of sp³-hybridized carbons (Fsp3) is 0.761. The van der Waals surface area contributed by atoms with E-state index in [1.807, 2.05) is 25.2 Å². The van der Waals surface area contributed by atoms with Gasteiger partial charge in [-0.05, 0) is 75.2 Å². The first-order valence-electron chi connectivity index (χ1n) is 21.9. The normalized spacial score (nSPS) is 45.5. The quantitative estimate of drug-likeness (QED) is 0.218. The van der Waals surface area contributed by atoms with E-state index in [0.717, 1.165) is 31.3 Å². The molecule has 0 amide bonds. The summed E-state index contributed by atoms with van der Waals surface area (Å²) in [6.45, 7) is 15.2. The number of carbonyl (C=O) groups is 1. The van der Waals surface area contributed by atoms with Gasteiger partial charge in [-0.15, -0.1) is 0 Å². The predicted octanol–water partition coefficient (Wildman–Crippen LogP) is 6.39. The molecule has 0 radical (unpaired) electrons. The summed E-state index contributed by atoms with van der Waals surface area (Å²) >= 11 is 0. The van der Waals surface area contributed by atoms with Crippen LogP contribution < -0.4 is 0 Å². The van der Waals surface area contributed by atoms with E-state index in [1.54, 1.807) is 26.2 Å². The van der Waals surface area contributed by atoms with Crippen molar-refractivity contribution >= 4 is 5.97 Å². The lowest BCUT2D eigenvalue weighted by Crippen LogP contribution is -2.58. The van der Waals surface area contributed by atoms with Crippen LogP contribution in [0, 0.1) is 23.7 Å². The molecule has 7 aliphatic rings. The number of allylic oxidation sites excluding steroid dienone is 2. The Hall–Kier alpha value is -2.23. The molecule has 0 aromatic heterocycles. The molecular formula is C46H68O12. The monoisotopic (exact) mass is 812 g/mol. The Morgan fingerprint density at radius 3 is 2.53 bits per heavy atom. The van der Waals surface area contributed by atoms with Crippen LogP contribution in [0.2, 0.25) is 0 Å². The van der Waals surface area contributed by atoms with Crippen molar-refractivity contribution in [3.63, 3.8) is 0 Å². The average molecular weight is 813 g/mol. The first kappa shape index (κ1) is 43.8. The van der Waals surface area contributed by atoms with Gasteiger partial charge in [0.1, 0.15) is 35.9 Å². The van der Waals surface area contributed by atoms with Crippen LogP contribution in [0.3, 0.4) is 0 Å². The van der Waals surface area contributed by atoms with E-state index in [2.05, 4.69) is 46.8 Å². The van der Waals surface area contributed by atoms with Crippen LogP contribution in [0.1, 0.15) is 99.8 Å². The van der Waals surface area contributed by atoms with E-state index < -0.39 is 54.0 Å². The van der Waals surface area contributed by atoms with Gasteiger partial charge < -0.3 is 52.8 Å². The second kappa shape index (κ2) is 18.4. The lowest BCUT2D eigenvalue weighted by molar-refractivity contribution is -0.300. The summed E-state index contributed by atoms with van der Waals surface area (Å²) in [5.41, 5.74) is 0.235. The second-order valence-corrected chi connectivity index (χ2v) is 18.0. The maximum absolute atomic E-state index is 14.3. The van der Waals surface area contributed by atoms with Crippen LogP contribution in [-0.2, 0) is 47.4 Å². The molecule has 0 saturated carbocycles. The van der Waals surface area contributed by atoms with E-state index in [-0.39, 0.29) is 61.2 Å². The lowest BCUT2D eigenvalue weighted by Gasteiger charge is -2.48. The lowest BCUT2D eigenvalue weighted by atomic mass is 9.71. The molecule has 324 valence electrons. The average Bonchev–Trinajstić information content (AvgIpc) is 3.55. The molecule has 4 saturated heterocycles. The van der Waals surface area contributed by atoms with Crippen molar-refractivity contribution in [1.82, 2.24) is 0 Å². The minimum absolute atomic E-state index is 0.0539. The Balaban J connectivity index is 1.21. The Bertz CT molecular complexity index is 1600. The molecular weight excluding hydrogens is 744 g/mol. The number of hydrogen-bond acceptors (Lipinski definition) is 12. The van der Waals surface area contributed by atoms with Crippen LogP contribution >= 0.6 is 0 Å². The zero-order valence-electron chi connectivity index (χ0n) is 35.7. The van der Waals surface area contributed by atoms with Crippen molar-refractivity contribution in [2.24, 2.45) is 23.7 Å². The molecule has 17 atom stereocenters. The molecule has 4 fully saturated rings. The zero-order chi connectivity index (χ0) is 41.4. The molecule has 6 heterocycles. The SMILES string of the molecule is CCC(C)[C@H]1O[C@]2(C=C[C@@H]1C)C[C@@H]1C[C@@H](CC=C(C)[C@@H](OC3C[C@H](OC)[C@H](OC4CCCCO4)[C@H](C)O3)C(C)C=CC=C3CO[C@@H]4[C@H](O)C(C)=C[C@@H](C(=O)O1)[C@]34O)O2. The van der Waals surface area contributed by atoms with Crippen molar-refractivity contribution in [1.29, 1.82) is 0 Å². The van der Waals surface area contributed by atoms with E-state index in [1.165, 1.54) is 0 Å². The fourth-order valence-electron chi connectivity index (χ4n) is 10.0. The molecule has 2 N–H and O–H groups in total. The highest BCUT2D eigenvalue weighted by atomic mass is 16.7. The molecule has 12 nitrogen and oxygen atoms in total. The van der Waals surface area contributed by atoms with Crippen LogP contribution in [-0.4, -0.2) is 115 Å². The van der Waals surface area contributed by atoms with E-state index in [0.29, 0.717) is 43.4 Å². The van der Waals surface area contributed by atoms with E-state index in [9.17, 15) is 15.0 Å². The summed E-state index contributed by atoms with van der Waals surface area (Å²) in [6.07, 6.45) is 14.1. The number of ether oxygens (including phenoxy) is 9. The standard InChI is InChI=1S/C46H68O12/c1-9-26(2)41-29(5)18-19-45(58-41)24-34-22-33(57-45)17-16-28(4)40(56-38-23-36(50-8)42(31(7)53-38)55-37-15-10-11-20-51-37)27(3)13-12-14-32-25-52-43-39(47)30(6)21-35(44(48)54-34)46(32,43)49/h12-14,16,18-19,21,26-27,29,31,33-43,47,49H,9-11,15,17,20,22-25H2,1-8H3/t26?,27?,29-,31-,33+,34-,35-,36-,37?,38?,39+,40-,41+,42+,43+,45+,46+/m0/s1. The van der Waals surface area contributed by atoms with Gasteiger partial charge in [-0.3, -0.25) is 4.79 Å². The van der Waals surface area contributed by atoms with Crippen LogP contribution in [0.4, 0.5) is 0 Å². The van der Waals surface area contributed by atoms with Crippen molar-refractivity contribution in [3.05, 3.63) is 59.3 Å². The highest BCUT2D eigenvalue weighted by molar-refractivity contribution is 5.78. The summed E-state index contributed by atoms with van der Waals surface area (Å²) in [6, 6.07) is 0. The number of fused-ring (bicyclic) bond motifs is 2. The first-order chi connectivity index (χ1) is 27.7. The molecule has 1 aliphatic carbocycles. The molecule has 1 spiro atoms. The number of hydrogen-bond donors (Lipinski definition) is 2. The van der Waals surface area contributed by atoms with Gasteiger partial charge in [0.25, 0.3) is 0 Å². The van der Waals surface area contributed by atoms with Gasteiger partial charge in [-0.1, -0.05) is 70.6 Å². The molecule has 0 aromatic carbocycles. The number of aliphatic hydroxyl groups is 2. The van der Waals surface area contributed by atoms with Gasteiger partial charge in [0.2, 0.25) is 0 Å². The summed E-state index contributed by atoms with van der Waals surface area (Å²) < 4.78 is 57.9. The van der Waals surface area contributed by atoms with Crippen molar-refractivity contribution in [3.8, 4) is 0 Å². The molecule has 0 aromatic rings. The third-order valence-electron chi connectivity index (χ3n) is 13.7. The van der Waals surface area contributed by atoms with Gasteiger partial charge in [-0.2, -0.15) is 0 Å². The minimum Gasteiger partial charge on any atom is -0.462 e. The highest BCUT2D eigenvalue weighted by Gasteiger charge is 2.60. The Labute approximate surface area is 344 Å². The molecule has 6 aliphatic heterocycles. The number of methoxy groups -OCH3 is 1. The third kappa shape index (κ3) is 9.03. The third-order valence-corrected chi connectivity index (χ3v) is 13.7. The summed E-state index contributed by atoms with van der Waals surface area (Å²) in [4.78, 5) is 14.3. The minimum atomic E-state index is -1.81. The summed E-state index contributed by atoms with van der Waals surface area (Å²) in [5, 5.41) is 23.7. The number of carbonyl (C=O) groups excluding carboxylic acids is 1. The van der Waals surface area contributed by atoms with Crippen molar-refractivity contribution in [2.75, 3.05) is 20.3 Å². The van der Waals surface area contributed by atoms with Gasteiger partial charge in [-0.25, -0.2) is 0 Å². The molecule has 12 heteroatoms. The summed E-state index contributed by atoms with van der Waals surface area (Å²) in [5.74, 6) is -2.42. The zero-order valence-corrected chi connectivity index (χ0v) is 35.7. The topological polar surface area (TPSA) is 141 Å². The Morgan fingerprint density at radius 2 is 1.79 bits per heavy atom.